The largest absolute Gasteiger partial charge is 0.461 e. The molecule has 13 nitrogen and oxygen atoms in total. The standard InChI is InChI=1S/C25H32N3O10P/c1-5-17(6-2)36-22(31)16(4)27-39(34,38-18-11-9-8-10-12-18)35-15-19-21(30)25(33,7-3)23(37-19)28-14-13-20(29)26-24(28)32/h3,8-14,16-17,19,21,23,30,33H,5-6,15H2,1-2,4H3,(H,27,34)(H,26,29,32)/t16-,19+,21+,23?,25+,39?/m0/s1. The Hall–Kier alpha value is -3.24. The van der Waals surface area contributed by atoms with Crippen LogP contribution in [0.2, 0.25) is 0 Å². The van der Waals surface area contributed by atoms with Gasteiger partial charge in [0, 0.05) is 12.3 Å². The first-order valence-corrected chi connectivity index (χ1v) is 13.8. The second-order valence-corrected chi connectivity index (χ2v) is 10.6. The third kappa shape index (κ3) is 7.05. The van der Waals surface area contributed by atoms with Gasteiger partial charge in [0.1, 0.15) is 30.1 Å². The number of nitrogens with zero attached hydrogens (tertiary/aromatic N) is 1. The van der Waals surface area contributed by atoms with Gasteiger partial charge in [-0.1, -0.05) is 38.0 Å². The summed E-state index contributed by atoms with van der Waals surface area (Å²) < 4.78 is 36.7. The molecule has 1 aliphatic rings. The highest BCUT2D eigenvalue weighted by Gasteiger charge is 2.56. The van der Waals surface area contributed by atoms with E-state index in [9.17, 15) is 29.2 Å². The van der Waals surface area contributed by atoms with Crippen LogP contribution in [0.25, 0.3) is 0 Å². The van der Waals surface area contributed by atoms with E-state index in [0.717, 1.165) is 16.8 Å². The van der Waals surface area contributed by atoms with Gasteiger partial charge < -0.3 is 24.2 Å². The quantitative estimate of drug-likeness (QED) is 0.164. The molecule has 1 saturated heterocycles. The number of benzene rings is 1. The van der Waals surface area contributed by atoms with Gasteiger partial charge >= 0.3 is 19.4 Å². The second kappa shape index (κ2) is 12.7. The lowest BCUT2D eigenvalue weighted by molar-refractivity contribution is -0.151. The Morgan fingerprint density at radius 2 is 1.95 bits per heavy atom. The normalized spacial score (nSPS) is 25.0. The van der Waals surface area contributed by atoms with Crippen molar-refractivity contribution in [3.8, 4) is 18.1 Å². The predicted molar refractivity (Wildman–Crippen MR) is 139 cm³/mol. The third-order valence-electron chi connectivity index (χ3n) is 6.09. The van der Waals surface area contributed by atoms with Gasteiger partial charge in [0.15, 0.2) is 11.8 Å². The molecule has 3 rings (SSSR count). The van der Waals surface area contributed by atoms with Gasteiger partial charge in [-0.2, -0.15) is 5.09 Å². The van der Waals surface area contributed by atoms with E-state index in [2.05, 4.69) is 5.09 Å². The Bertz CT molecular complexity index is 1340. The molecular weight excluding hydrogens is 533 g/mol. The molecule has 0 saturated carbocycles. The van der Waals surface area contributed by atoms with Crippen LogP contribution in [0, 0.1) is 12.3 Å². The molecule has 6 atom stereocenters. The van der Waals surface area contributed by atoms with Crippen LogP contribution in [0.4, 0.5) is 0 Å². The van der Waals surface area contributed by atoms with Crippen molar-refractivity contribution in [2.24, 2.45) is 0 Å². The van der Waals surface area contributed by atoms with Crippen molar-refractivity contribution in [2.45, 2.75) is 69.8 Å². The van der Waals surface area contributed by atoms with E-state index >= 15 is 0 Å². The summed E-state index contributed by atoms with van der Waals surface area (Å²) >= 11 is 0. The highest BCUT2D eigenvalue weighted by atomic mass is 31.2. The summed E-state index contributed by atoms with van der Waals surface area (Å²) in [5, 5.41) is 24.3. The molecule has 1 aromatic heterocycles. The van der Waals surface area contributed by atoms with E-state index in [-0.39, 0.29) is 11.9 Å². The molecule has 0 spiro atoms. The van der Waals surface area contributed by atoms with E-state index in [0.29, 0.717) is 12.8 Å². The molecule has 1 aliphatic heterocycles. The van der Waals surface area contributed by atoms with Crippen molar-refractivity contribution in [3.63, 3.8) is 0 Å². The highest BCUT2D eigenvalue weighted by Crippen LogP contribution is 2.46. The molecule has 1 aromatic carbocycles. The first-order valence-electron chi connectivity index (χ1n) is 12.3. The molecule has 14 heteroatoms. The maximum Gasteiger partial charge on any atom is 0.459 e. The minimum absolute atomic E-state index is 0.152. The molecule has 0 bridgehead atoms. The Labute approximate surface area is 224 Å². The molecular formula is C25H32N3O10P. The van der Waals surface area contributed by atoms with Crippen LogP contribution in [-0.4, -0.2) is 62.3 Å². The molecule has 1 fully saturated rings. The summed E-state index contributed by atoms with van der Waals surface area (Å²) in [5.74, 6) is 1.49. The number of carbonyl (C=O) groups excluding carboxylic acids is 1. The summed E-state index contributed by atoms with van der Waals surface area (Å²) in [6.45, 7) is 4.51. The number of hydrogen-bond donors (Lipinski definition) is 4. The topological polar surface area (TPSA) is 178 Å². The molecule has 0 radical (unpaired) electrons. The predicted octanol–water partition coefficient (Wildman–Crippen LogP) is 1.07. The molecule has 212 valence electrons. The first kappa shape index (κ1) is 30.3. The van der Waals surface area contributed by atoms with Crippen molar-refractivity contribution >= 4 is 13.7 Å². The molecule has 0 amide bonds. The number of hydrogen-bond acceptors (Lipinski definition) is 10. The fraction of sp³-hybridized carbons (Fsp3) is 0.480. The SMILES string of the molecule is C#C[C@]1(O)C(n2ccc(=O)[nH]c2=O)O[C@H](COP(=O)(N[C@@H](C)C(=O)OC(CC)CC)Oc2ccccc2)[C@H]1O. The van der Waals surface area contributed by atoms with Crippen molar-refractivity contribution in [1.29, 1.82) is 0 Å². The van der Waals surface area contributed by atoms with Crippen LogP contribution >= 0.6 is 7.75 Å². The Morgan fingerprint density at radius 3 is 2.54 bits per heavy atom. The number of rotatable bonds is 12. The van der Waals surface area contributed by atoms with Crippen LogP contribution in [0.3, 0.4) is 0 Å². The minimum Gasteiger partial charge on any atom is -0.461 e. The van der Waals surface area contributed by atoms with Crippen LogP contribution in [0.15, 0.2) is 52.2 Å². The summed E-state index contributed by atoms with van der Waals surface area (Å²) in [7, 11) is -4.34. The smallest absolute Gasteiger partial charge is 0.459 e. The minimum atomic E-state index is -4.34. The summed E-state index contributed by atoms with van der Waals surface area (Å²) in [6.07, 6.45) is 2.54. The molecule has 39 heavy (non-hydrogen) atoms. The lowest BCUT2D eigenvalue weighted by Gasteiger charge is -2.26. The average Bonchev–Trinajstić information content (AvgIpc) is 3.16. The van der Waals surface area contributed by atoms with Crippen molar-refractivity contribution in [1.82, 2.24) is 14.6 Å². The number of aromatic amines is 1. The van der Waals surface area contributed by atoms with E-state index in [1.165, 1.54) is 19.1 Å². The number of esters is 1. The first-order chi connectivity index (χ1) is 18.5. The van der Waals surface area contributed by atoms with Crippen molar-refractivity contribution in [2.75, 3.05) is 6.61 Å². The molecule has 0 aliphatic carbocycles. The number of nitrogens with one attached hydrogen (secondary N) is 2. The zero-order valence-electron chi connectivity index (χ0n) is 21.7. The fourth-order valence-corrected chi connectivity index (χ4v) is 5.35. The Balaban J connectivity index is 1.82. The van der Waals surface area contributed by atoms with Gasteiger partial charge in [-0.05, 0) is 31.9 Å². The van der Waals surface area contributed by atoms with Crippen LogP contribution < -0.4 is 20.9 Å². The molecule has 4 N–H and O–H groups in total. The number of ether oxygens (including phenoxy) is 2. The molecule has 2 unspecified atom stereocenters. The van der Waals surface area contributed by atoms with Gasteiger partial charge in [0.25, 0.3) is 5.56 Å². The number of aliphatic hydroxyl groups is 2. The Morgan fingerprint density at radius 1 is 1.28 bits per heavy atom. The van der Waals surface area contributed by atoms with Crippen LogP contribution in [0.1, 0.15) is 39.8 Å². The average molecular weight is 566 g/mol. The lowest BCUT2D eigenvalue weighted by atomic mass is 9.95. The Kier molecular flexibility index (Phi) is 9.90. The fourth-order valence-electron chi connectivity index (χ4n) is 3.84. The van der Waals surface area contributed by atoms with E-state index in [1.54, 1.807) is 18.2 Å². The third-order valence-corrected chi connectivity index (χ3v) is 7.74. The van der Waals surface area contributed by atoms with Crippen molar-refractivity contribution in [3.05, 3.63) is 63.4 Å². The molecule has 2 aromatic rings. The maximum atomic E-state index is 13.8. The number of aliphatic hydroxyl groups excluding tert-OH is 1. The molecule has 2 heterocycles. The monoisotopic (exact) mass is 565 g/mol. The number of H-pyrrole nitrogens is 1. The second-order valence-electron chi connectivity index (χ2n) is 8.88. The maximum absolute atomic E-state index is 13.8. The van der Waals surface area contributed by atoms with Gasteiger partial charge in [0.2, 0.25) is 0 Å². The van der Waals surface area contributed by atoms with Gasteiger partial charge in [-0.3, -0.25) is 23.7 Å². The van der Waals surface area contributed by atoms with E-state index < -0.39 is 61.7 Å². The zero-order valence-corrected chi connectivity index (χ0v) is 22.6. The van der Waals surface area contributed by atoms with Crippen LogP contribution in [-0.2, 0) is 23.4 Å². The zero-order chi connectivity index (χ0) is 28.8. The van der Waals surface area contributed by atoms with Crippen molar-refractivity contribution < 1.29 is 38.1 Å². The highest BCUT2D eigenvalue weighted by molar-refractivity contribution is 7.52. The number of terminal acetylenes is 1. The van der Waals surface area contributed by atoms with Gasteiger partial charge in [0.05, 0.1) is 6.61 Å². The van der Waals surface area contributed by atoms with E-state index in [4.69, 9.17) is 24.9 Å². The van der Waals surface area contributed by atoms with Gasteiger partial charge in [-0.25, -0.2) is 9.36 Å². The van der Waals surface area contributed by atoms with Crippen LogP contribution in [0.5, 0.6) is 5.75 Å². The summed E-state index contributed by atoms with van der Waals surface area (Å²) in [5.41, 5.74) is -4.06. The van der Waals surface area contributed by atoms with E-state index in [1.807, 2.05) is 24.8 Å². The van der Waals surface area contributed by atoms with Gasteiger partial charge in [-0.15, -0.1) is 6.42 Å². The number of aromatic nitrogens is 2. The summed E-state index contributed by atoms with van der Waals surface area (Å²) in [4.78, 5) is 38.3. The summed E-state index contributed by atoms with van der Waals surface area (Å²) in [6, 6.07) is 7.89. The number of para-hydroxylation sites is 1. The lowest BCUT2D eigenvalue weighted by Crippen LogP contribution is -2.48. The number of carbonyl (C=O) groups is 1.